The normalized spacial score (nSPS) is 7.86. The molecule has 0 spiro atoms. The van der Waals surface area contributed by atoms with E-state index in [-0.39, 0.29) is 0 Å². The highest BCUT2D eigenvalue weighted by atomic mass is 16.5. The van der Waals surface area contributed by atoms with Gasteiger partial charge in [-0.1, -0.05) is 34.1 Å². The van der Waals surface area contributed by atoms with E-state index in [9.17, 15) is 0 Å². The maximum absolute atomic E-state index is 6.50. The fourth-order valence-corrected chi connectivity index (χ4v) is 0.493. The van der Waals surface area contributed by atoms with Crippen LogP contribution in [-0.2, 0) is 4.74 Å². The first-order chi connectivity index (χ1) is 6.65. The number of hydrogen-bond acceptors (Lipinski definition) is 2. The topological polar surface area (TPSA) is 33.1 Å². The smallest absolute Gasteiger partial charge is 0.0465 e. The molecule has 1 N–H and O–H groups in total. The molecule has 2 heteroatoms. The van der Waals surface area contributed by atoms with E-state index in [1.165, 1.54) is 12.8 Å². The molecule has 0 saturated carbocycles. The zero-order valence-corrected chi connectivity index (χ0v) is 10.9. The van der Waals surface area contributed by atoms with Gasteiger partial charge >= 0.3 is 0 Å². The first-order valence-electron chi connectivity index (χ1n) is 5.74. The van der Waals surface area contributed by atoms with Gasteiger partial charge in [0, 0.05) is 18.9 Å². The van der Waals surface area contributed by atoms with Crippen molar-refractivity contribution in [3.8, 4) is 0 Å². The first kappa shape index (κ1) is 19.2. The summed E-state index contributed by atoms with van der Waals surface area (Å²) in [6.07, 6.45) is 3.59. The van der Waals surface area contributed by atoms with Crippen molar-refractivity contribution in [1.82, 2.24) is 0 Å². The molecule has 0 radical (unpaired) electrons. The lowest BCUT2D eigenvalue weighted by molar-refractivity contribution is 0.132. The molecule has 0 amide bonds. The maximum Gasteiger partial charge on any atom is 0.0465 e. The van der Waals surface area contributed by atoms with E-state index in [1.54, 1.807) is 13.8 Å². The van der Waals surface area contributed by atoms with Crippen molar-refractivity contribution >= 4 is 5.71 Å². The SMILES string of the molecule is CC.CC(C)=N.CCCCOCCC. The van der Waals surface area contributed by atoms with Gasteiger partial charge in [0.15, 0.2) is 0 Å². The van der Waals surface area contributed by atoms with Crippen LogP contribution < -0.4 is 0 Å². The Hall–Kier alpha value is -0.370. The van der Waals surface area contributed by atoms with Crippen LogP contribution in [0.3, 0.4) is 0 Å². The molecule has 14 heavy (non-hydrogen) atoms. The first-order valence-corrected chi connectivity index (χ1v) is 5.74. The summed E-state index contributed by atoms with van der Waals surface area (Å²) in [7, 11) is 0. The zero-order valence-electron chi connectivity index (χ0n) is 10.9. The summed E-state index contributed by atoms with van der Waals surface area (Å²) in [5.41, 5.74) is 0.667. The van der Waals surface area contributed by atoms with Crippen LogP contribution in [0.4, 0.5) is 0 Å². The van der Waals surface area contributed by atoms with Crippen LogP contribution in [0.15, 0.2) is 0 Å². The van der Waals surface area contributed by atoms with Crippen LogP contribution in [0, 0.1) is 5.41 Å². The molecular weight excluding hydrogens is 174 g/mol. The van der Waals surface area contributed by atoms with Gasteiger partial charge in [0.25, 0.3) is 0 Å². The number of rotatable bonds is 5. The third kappa shape index (κ3) is 61.3. The zero-order chi connectivity index (χ0) is 11.8. The Morgan fingerprint density at radius 3 is 1.71 bits per heavy atom. The van der Waals surface area contributed by atoms with E-state index >= 15 is 0 Å². The van der Waals surface area contributed by atoms with Gasteiger partial charge in [-0.25, -0.2) is 0 Å². The molecule has 0 aromatic rings. The number of nitrogens with one attached hydrogen (secondary N) is 1. The van der Waals surface area contributed by atoms with Gasteiger partial charge in [-0.3, -0.25) is 0 Å². The summed E-state index contributed by atoms with van der Waals surface area (Å²) >= 11 is 0. The number of hydrogen-bond donors (Lipinski definition) is 1. The third-order valence-electron chi connectivity index (χ3n) is 0.991. The number of ether oxygens (including phenoxy) is 1. The van der Waals surface area contributed by atoms with Crippen molar-refractivity contribution < 1.29 is 4.74 Å². The van der Waals surface area contributed by atoms with Crippen LogP contribution in [0.1, 0.15) is 60.8 Å². The monoisotopic (exact) mass is 203 g/mol. The van der Waals surface area contributed by atoms with Crippen molar-refractivity contribution in [2.45, 2.75) is 60.8 Å². The van der Waals surface area contributed by atoms with Crippen LogP contribution >= 0.6 is 0 Å². The fourth-order valence-electron chi connectivity index (χ4n) is 0.493. The van der Waals surface area contributed by atoms with Crippen LogP contribution in [0.5, 0.6) is 0 Å². The lowest BCUT2D eigenvalue weighted by atomic mass is 10.4. The predicted octanol–water partition coefficient (Wildman–Crippen LogP) is 4.29. The summed E-state index contributed by atoms with van der Waals surface area (Å²) in [4.78, 5) is 0. The molecule has 0 heterocycles. The summed E-state index contributed by atoms with van der Waals surface area (Å²) < 4.78 is 5.22. The van der Waals surface area contributed by atoms with Gasteiger partial charge in [0.05, 0.1) is 0 Å². The van der Waals surface area contributed by atoms with Crippen molar-refractivity contribution in [2.24, 2.45) is 0 Å². The summed E-state index contributed by atoms with van der Waals surface area (Å²) in [5, 5.41) is 6.50. The van der Waals surface area contributed by atoms with Crippen LogP contribution in [-0.4, -0.2) is 18.9 Å². The van der Waals surface area contributed by atoms with Gasteiger partial charge in [0.1, 0.15) is 0 Å². The highest BCUT2D eigenvalue weighted by Crippen LogP contribution is 1.87. The van der Waals surface area contributed by atoms with E-state index in [0.29, 0.717) is 5.71 Å². The third-order valence-corrected chi connectivity index (χ3v) is 0.991. The van der Waals surface area contributed by atoms with Crippen LogP contribution in [0.2, 0.25) is 0 Å². The Bertz CT molecular complexity index is 82.3. The van der Waals surface area contributed by atoms with Gasteiger partial charge < -0.3 is 10.1 Å². The molecule has 0 aliphatic rings. The molecule has 0 saturated heterocycles. The molecule has 0 fully saturated rings. The molecule has 0 atom stereocenters. The van der Waals surface area contributed by atoms with E-state index in [4.69, 9.17) is 10.1 Å². The van der Waals surface area contributed by atoms with E-state index < -0.39 is 0 Å². The lowest BCUT2D eigenvalue weighted by Gasteiger charge is -1.97. The summed E-state index contributed by atoms with van der Waals surface area (Å²) in [6.45, 7) is 13.7. The second-order valence-electron chi connectivity index (χ2n) is 2.97. The van der Waals surface area contributed by atoms with Gasteiger partial charge in [-0.2, -0.15) is 0 Å². The quantitative estimate of drug-likeness (QED) is 0.525. The van der Waals surface area contributed by atoms with Crippen molar-refractivity contribution in [3.05, 3.63) is 0 Å². The Morgan fingerprint density at radius 1 is 1.00 bits per heavy atom. The molecular formula is C12H29NO. The molecule has 0 unspecified atom stereocenters. The Kier molecular flexibility index (Phi) is 31.5. The summed E-state index contributed by atoms with van der Waals surface area (Å²) in [5.74, 6) is 0. The van der Waals surface area contributed by atoms with E-state index in [2.05, 4.69) is 13.8 Å². The molecule has 0 aliphatic carbocycles. The largest absolute Gasteiger partial charge is 0.381 e. The highest BCUT2D eigenvalue weighted by molar-refractivity contribution is 5.75. The second-order valence-corrected chi connectivity index (χ2v) is 2.97. The minimum atomic E-state index is 0.667. The fraction of sp³-hybridized carbons (Fsp3) is 0.917. The highest BCUT2D eigenvalue weighted by Gasteiger charge is 1.81. The minimum Gasteiger partial charge on any atom is -0.381 e. The van der Waals surface area contributed by atoms with Gasteiger partial charge in [0.2, 0.25) is 0 Å². The van der Waals surface area contributed by atoms with Crippen molar-refractivity contribution in [1.29, 1.82) is 5.41 Å². The van der Waals surface area contributed by atoms with Gasteiger partial charge in [-0.05, 0) is 26.7 Å². The van der Waals surface area contributed by atoms with E-state index in [0.717, 1.165) is 19.6 Å². The average molecular weight is 203 g/mol. The molecule has 0 rings (SSSR count). The molecule has 2 nitrogen and oxygen atoms in total. The Labute approximate surface area is 90.6 Å². The molecule has 0 bridgehead atoms. The van der Waals surface area contributed by atoms with E-state index in [1.807, 2.05) is 13.8 Å². The standard InChI is InChI=1S/C7H16O.C3H7N.C2H6/c1-3-5-7-8-6-4-2;1-3(2)4;1-2/h3-7H2,1-2H3;4H,1-2H3;1-2H3. The minimum absolute atomic E-state index is 0.667. The average Bonchev–Trinajstić information content (AvgIpc) is 2.15. The molecule has 0 aromatic heterocycles. The Balaban J connectivity index is -0.000000170. The molecule has 0 aliphatic heterocycles. The second kappa shape index (κ2) is 22.9. The molecule has 0 aromatic carbocycles. The number of unbranched alkanes of at least 4 members (excludes halogenated alkanes) is 1. The lowest BCUT2D eigenvalue weighted by Crippen LogP contribution is -1.93. The maximum atomic E-state index is 6.50. The van der Waals surface area contributed by atoms with Crippen LogP contribution in [0.25, 0.3) is 0 Å². The van der Waals surface area contributed by atoms with Crippen molar-refractivity contribution in [2.75, 3.05) is 13.2 Å². The Morgan fingerprint density at radius 2 is 1.43 bits per heavy atom. The molecule has 88 valence electrons. The predicted molar refractivity (Wildman–Crippen MR) is 66.4 cm³/mol. The van der Waals surface area contributed by atoms with Gasteiger partial charge in [-0.15, -0.1) is 0 Å². The summed E-state index contributed by atoms with van der Waals surface area (Å²) in [6, 6.07) is 0. The van der Waals surface area contributed by atoms with Crippen molar-refractivity contribution in [3.63, 3.8) is 0 Å².